The molecule has 0 unspecified atom stereocenters. The molecule has 2 rings (SSSR count). The van der Waals surface area contributed by atoms with Gasteiger partial charge in [-0.2, -0.15) is 5.10 Å². The number of aromatic nitrogens is 3. The van der Waals surface area contributed by atoms with Gasteiger partial charge in [0.2, 0.25) is 0 Å². The van der Waals surface area contributed by atoms with Crippen molar-refractivity contribution in [2.45, 2.75) is 19.8 Å². The molecule has 3 heteroatoms. The molecule has 2 aromatic heterocycles. The van der Waals surface area contributed by atoms with Crippen LogP contribution in [0.25, 0.3) is 11.0 Å². The minimum atomic E-state index is 0.524. The fourth-order valence-corrected chi connectivity index (χ4v) is 1.71. The van der Waals surface area contributed by atoms with Gasteiger partial charge in [-0.05, 0) is 12.0 Å². The summed E-state index contributed by atoms with van der Waals surface area (Å²) in [6.45, 7) is 4.37. The highest BCUT2D eigenvalue weighted by atomic mass is 15.3. The Morgan fingerprint density at radius 1 is 1.50 bits per heavy atom. The van der Waals surface area contributed by atoms with E-state index >= 15 is 0 Å². The number of hydrogen-bond acceptors (Lipinski definition) is 1. The summed E-state index contributed by atoms with van der Waals surface area (Å²) in [6.07, 6.45) is 1.93. The second-order valence-electron chi connectivity index (χ2n) is 3.40. The van der Waals surface area contributed by atoms with Gasteiger partial charge in [-0.1, -0.05) is 13.8 Å². The van der Waals surface area contributed by atoms with E-state index in [-0.39, 0.29) is 0 Å². The fraction of sp³-hybridized carbons (Fsp3) is 0.444. The molecular weight excluding hydrogens is 150 g/mol. The zero-order valence-corrected chi connectivity index (χ0v) is 7.63. The topological polar surface area (TPSA) is 33.6 Å². The van der Waals surface area contributed by atoms with Crippen LogP contribution in [-0.4, -0.2) is 14.8 Å². The Bertz CT molecular complexity index is 395. The maximum atomic E-state index is 4.36. The van der Waals surface area contributed by atoms with Crippen molar-refractivity contribution in [3.8, 4) is 0 Å². The van der Waals surface area contributed by atoms with Gasteiger partial charge in [0.1, 0.15) is 0 Å². The summed E-state index contributed by atoms with van der Waals surface area (Å²) in [6, 6.07) is 2.08. The van der Waals surface area contributed by atoms with Crippen molar-refractivity contribution in [1.29, 1.82) is 0 Å². The fourth-order valence-electron chi connectivity index (χ4n) is 1.71. The van der Waals surface area contributed by atoms with Crippen LogP contribution < -0.4 is 0 Å². The van der Waals surface area contributed by atoms with Crippen LogP contribution in [0, 0.1) is 0 Å². The summed E-state index contributed by atoms with van der Waals surface area (Å²) in [5.74, 6) is 0.524. The van der Waals surface area contributed by atoms with Gasteiger partial charge in [-0.15, -0.1) is 0 Å². The number of nitrogens with zero attached hydrogens (tertiary/aromatic N) is 2. The normalized spacial score (nSPS) is 11.7. The van der Waals surface area contributed by atoms with Crippen molar-refractivity contribution < 1.29 is 0 Å². The Morgan fingerprint density at radius 3 is 2.92 bits per heavy atom. The highest BCUT2D eigenvalue weighted by molar-refractivity contribution is 5.79. The molecule has 3 nitrogen and oxygen atoms in total. The van der Waals surface area contributed by atoms with Gasteiger partial charge < -0.3 is 4.98 Å². The van der Waals surface area contributed by atoms with Crippen LogP contribution in [0.5, 0.6) is 0 Å². The SMILES string of the molecule is CC(C)c1c2cc[nH]c2nn1C. The first-order chi connectivity index (χ1) is 5.70. The lowest BCUT2D eigenvalue weighted by Gasteiger charge is -2.04. The number of aromatic amines is 1. The van der Waals surface area contributed by atoms with E-state index in [9.17, 15) is 0 Å². The molecule has 0 bridgehead atoms. The van der Waals surface area contributed by atoms with E-state index in [4.69, 9.17) is 0 Å². The molecular formula is C9H13N3. The Hall–Kier alpha value is -1.25. The smallest absolute Gasteiger partial charge is 0.159 e. The van der Waals surface area contributed by atoms with E-state index in [0.717, 1.165) is 5.65 Å². The standard InChI is InChI=1S/C9H13N3/c1-6(2)8-7-4-5-10-9(7)11-12(8)3/h4-6H,1-3H3,(H,10,11). The first kappa shape index (κ1) is 7.40. The lowest BCUT2D eigenvalue weighted by atomic mass is 10.1. The highest BCUT2D eigenvalue weighted by Crippen LogP contribution is 2.23. The lowest BCUT2D eigenvalue weighted by Crippen LogP contribution is -1.99. The zero-order valence-electron chi connectivity index (χ0n) is 7.63. The van der Waals surface area contributed by atoms with Crippen LogP contribution in [0.1, 0.15) is 25.5 Å². The average molecular weight is 163 g/mol. The Kier molecular flexibility index (Phi) is 1.46. The molecule has 0 aliphatic heterocycles. The van der Waals surface area contributed by atoms with Gasteiger partial charge >= 0.3 is 0 Å². The highest BCUT2D eigenvalue weighted by Gasteiger charge is 2.11. The molecule has 1 N–H and O–H groups in total. The van der Waals surface area contributed by atoms with E-state index in [1.165, 1.54) is 11.1 Å². The van der Waals surface area contributed by atoms with Crippen LogP contribution in [0.4, 0.5) is 0 Å². The Balaban J connectivity index is 2.76. The molecule has 0 radical (unpaired) electrons. The van der Waals surface area contributed by atoms with E-state index < -0.39 is 0 Å². The van der Waals surface area contributed by atoms with Gasteiger partial charge in [-0.3, -0.25) is 4.68 Å². The second kappa shape index (κ2) is 2.37. The third-order valence-electron chi connectivity index (χ3n) is 2.15. The first-order valence-electron chi connectivity index (χ1n) is 4.20. The zero-order chi connectivity index (χ0) is 8.72. The van der Waals surface area contributed by atoms with Crippen molar-refractivity contribution in [3.63, 3.8) is 0 Å². The van der Waals surface area contributed by atoms with E-state index in [0.29, 0.717) is 5.92 Å². The van der Waals surface area contributed by atoms with Crippen molar-refractivity contribution in [2.24, 2.45) is 7.05 Å². The van der Waals surface area contributed by atoms with Gasteiger partial charge in [0, 0.05) is 18.6 Å². The summed E-state index contributed by atoms with van der Waals surface area (Å²) in [4.78, 5) is 3.10. The minimum absolute atomic E-state index is 0.524. The summed E-state index contributed by atoms with van der Waals surface area (Å²) in [7, 11) is 1.99. The van der Waals surface area contributed by atoms with Crippen LogP contribution in [-0.2, 0) is 7.05 Å². The molecule has 0 aliphatic rings. The molecule has 12 heavy (non-hydrogen) atoms. The molecule has 0 aliphatic carbocycles. The van der Waals surface area contributed by atoms with Crippen LogP contribution in [0.2, 0.25) is 0 Å². The summed E-state index contributed by atoms with van der Waals surface area (Å²) < 4.78 is 1.95. The van der Waals surface area contributed by atoms with Crippen LogP contribution in [0.3, 0.4) is 0 Å². The Labute approximate surface area is 71.4 Å². The molecule has 0 saturated carbocycles. The quantitative estimate of drug-likeness (QED) is 0.685. The third kappa shape index (κ3) is 0.858. The summed E-state index contributed by atoms with van der Waals surface area (Å²) in [5, 5.41) is 5.60. The number of nitrogens with one attached hydrogen (secondary N) is 1. The molecule has 0 atom stereocenters. The monoisotopic (exact) mass is 163 g/mol. The molecule has 0 saturated heterocycles. The Morgan fingerprint density at radius 2 is 2.25 bits per heavy atom. The van der Waals surface area contributed by atoms with Gasteiger partial charge in [0.25, 0.3) is 0 Å². The predicted molar refractivity (Wildman–Crippen MR) is 49.2 cm³/mol. The molecule has 0 spiro atoms. The van der Waals surface area contributed by atoms with Crippen molar-refractivity contribution in [2.75, 3.05) is 0 Å². The maximum absolute atomic E-state index is 4.36. The van der Waals surface area contributed by atoms with Crippen molar-refractivity contribution in [3.05, 3.63) is 18.0 Å². The lowest BCUT2D eigenvalue weighted by molar-refractivity contribution is 0.675. The number of aryl methyl sites for hydroxylation is 1. The molecule has 2 aromatic rings. The third-order valence-corrected chi connectivity index (χ3v) is 2.15. The average Bonchev–Trinajstić information content (AvgIpc) is 2.44. The van der Waals surface area contributed by atoms with Crippen LogP contribution in [0.15, 0.2) is 12.3 Å². The van der Waals surface area contributed by atoms with Gasteiger partial charge in [0.05, 0.1) is 5.69 Å². The first-order valence-corrected chi connectivity index (χ1v) is 4.20. The van der Waals surface area contributed by atoms with E-state index in [1.807, 2.05) is 17.9 Å². The number of fused-ring (bicyclic) bond motifs is 1. The predicted octanol–water partition coefficient (Wildman–Crippen LogP) is 2.02. The number of H-pyrrole nitrogens is 1. The minimum Gasteiger partial charge on any atom is -0.345 e. The van der Waals surface area contributed by atoms with Gasteiger partial charge in [0.15, 0.2) is 5.65 Å². The van der Waals surface area contributed by atoms with Crippen LogP contribution >= 0.6 is 0 Å². The summed E-state index contributed by atoms with van der Waals surface area (Å²) >= 11 is 0. The van der Waals surface area contributed by atoms with E-state index in [2.05, 4.69) is 30.0 Å². The molecule has 64 valence electrons. The maximum Gasteiger partial charge on any atom is 0.159 e. The van der Waals surface area contributed by atoms with Gasteiger partial charge in [-0.25, -0.2) is 0 Å². The number of hydrogen-bond donors (Lipinski definition) is 1. The van der Waals surface area contributed by atoms with Crippen molar-refractivity contribution >= 4 is 11.0 Å². The number of rotatable bonds is 1. The second-order valence-corrected chi connectivity index (χ2v) is 3.40. The molecule has 0 aromatic carbocycles. The molecule has 0 fully saturated rings. The summed E-state index contributed by atoms with van der Waals surface area (Å²) in [5.41, 5.74) is 2.28. The largest absolute Gasteiger partial charge is 0.345 e. The van der Waals surface area contributed by atoms with E-state index in [1.54, 1.807) is 0 Å². The van der Waals surface area contributed by atoms with Crippen molar-refractivity contribution in [1.82, 2.24) is 14.8 Å². The molecule has 2 heterocycles. The molecule has 0 amide bonds.